The highest BCUT2D eigenvalue weighted by atomic mass is 19.1. The Kier molecular flexibility index (Phi) is 4.89. The van der Waals surface area contributed by atoms with Crippen LogP contribution in [0.4, 0.5) is 21.8 Å². The summed E-state index contributed by atoms with van der Waals surface area (Å²) in [6.07, 6.45) is 5.80. The fourth-order valence-electron chi connectivity index (χ4n) is 3.44. The lowest BCUT2D eigenvalue weighted by Crippen LogP contribution is -2.33. The molecule has 0 amide bonds. The number of nitrogens with one attached hydrogen (secondary N) is 2. The van der Waals surface area contributed by atoms with Gasteiger partial charge in [-0.05, 0) is 56.9 Å². The Hall–Kier alpha value is -2.74. The molecule has 27 heavy (non-hydrogen) atoms. The Labute approximate surface area is 157 Å². The quantitative estimate of drug-likeness (QED) is 0.638. The average molecular weight is 369 g/mol. The predicted octanol–water partition coefficient (Wildman–Crippen LogP) is 3.41. The Morgan fingerprint density at radius 3 is 2.59 bits per heavy atom. The van der Waals surface area contributed by atoms with E-state index in [2.05, 4.69) is 25.6 Å². The molecule has 0 bridgehead atoms. The molecule has 3 aromatic rings. The molecule has 1 aliphatic carbocycles. The van der Waals surface area contributed by atoms with Crippen molar-refractivity contribution in [3.63, 3.8) is 0 Å². The van der Waals surface area contributed by atoms with Gasteiger partial charge in [-0.1, -0.05) is 0 Å². The molecule has 4 rings (SSSR count). The largest absolute Gasteiger partial charge is 0.351 e. The van der Waals surface area contributed by atoms with Gasteiger partial charge in [0.1, 0.15) is 5.82 Å². The molecular weight excluding hydrogens is 345 g/mol. The molecule has 1 fully saturated rings. The van der Waals surface area contributed by atoms with E-state index in [4.69, 9.17) is 5.73 Å². The van der Waals surface area contributed by atoms with Gasteiger partial charge in [0, 0.05) is 24.3 Å². The molecule has 1 aromatic carbocycles. The number of halogens is 1. The van der Waals surface area contributed by atoms with Crippen LogP contribution in [0.5, 0.6) is 0 Å². The van der Waals surface area contributed by atoms with Gasteiger partial charge in [0.15, 0.2) is 17.0 Å². The highest BCUT2D eigenvalue weighted by Crippen LogP contribution is 2.26. The van der Waals surface area contributed by atoms with Crippen LogP contribution < -0.4 is 16.4 Å². The Balaban J connectivity index is 1.66. The molecule has 4 N–H and O–H groups in total. The third-order valence-electron chi connectivity index (χ3n) is 5.02. The van der Waals surface area contributed by atoms with E-state index in [9.17, 15) is 4.39 Å². The maximum Gasteiger partial charge on any atom is 0.227 e. The van der Waals surface area contributed by atoms with Crippen LogP contribution in [0.3, 0.4) is 0 Å². The highest BCUT2D eigenvalue weighted by molar-refractivity contribution is 5.86. The Morgan fingerprint density at radius 1 is 1.15 bits per heavy atom. The second kappa shape index (κ2) is 7.48. The number of anilines is 3. The van der Waals surface area contributed by atoms with Crippen LogP contribution in [0.2, 0.25) is 0 Å². The summed E-state index contributed by atoms with van der Waals surface area (Å²) in [6, 6.07) is 6.79. The number of benzene rings is 1. The first-order valence-electron chi connectivity index (χ1n) is 9.40. The van der Waals surface area contributed by atoms with Crippen molar-refractivity contribution in [1.29, 1.82) is 0 Å². The summed E-state index contributed by atoms with van der Waals surface area (Å²) in [4.78, 5) is 13.8. The molecule has 142 valence electrons. The molecule has 2 aromatic heterocycles. The number of hydrogen-bond acceptors (Lipinski definition) is 6. The summed E-state index contributed by atoms with van der Waals surface area (Å²) in [6.45, 7) is 2.81. The summed E-state index contributed by atoms with van der Waals surface area (Å²) >= 11 is 0. The standard InChI is InChI=1S/C19H24FN7/c1-2-27-11-22-16-17(23-14-7-3-12(20)4-8-14)25-19(26-18(16)27)24-15-9-5-13(21)6-10-15/h3-4,7-8,11,13,15H,2,5-6,9-10,21H2,1H3,(H2,23,24,25,26). The summed E-state index contributed by atoms with van der Waals surface area (Å²) in [5.74, 6) is 0.901. The topological polar surface area (TPSA) is 93.7 Å². The molecular formula is C19H24FN7. The van der Waals surface area contributed by atoms with E-state index in [1.807, 2.05) is 11.5 Å². The number of aryl methyl sites for hydroxylation is 1. The average Bonchev–Trinajstić information content (AvgIpc) is 3.09. The van der Waals surface area contributed by atoms with E-state index in [1.165, 1.54) is 12.1 Å². The van der Waals surface area contributed by atoms with Gasteiger partial charge in [-0.25, -0.2) is 9.37 Å². The van der Waals surface area contributed by atoms with Crippen LogP contribution in [0.1, 0.15) is 32.6 Å². The van der Waals surface area contributed by atoms with Crippen molar-refractivity contribution in [2.45, 2.75) is 51.2 Å². The van der Waals surface area contributed by atoms with Gasteiger partial charge in [-0.15, -0.1) is 0 Å². The van der Waals surface area contributed by atoms with Crippen LogP contribution in [-0.4, -0.2) is 31.6 Å². The molecule has 8 heteroatoms. The van der Waals surface area contributed by atoms with Crippen molar-refractivity contribution in [3.05, 3.63) is 36.4 Å². The first-order chi connectivity index (χ1) is 13.1. The maximum absolute atomic E-state index is 13.2. The maximum atomic E-state index is 13.2. The summed E-state index contributed by atoms with van der Waals surface area (Å²) in [7, 11) is 0. The first kappa shape index (κ1) is 17.7. The zero-order chi connectivity index (χ0) is 18.8. The second-order valence-electron chi connectivity index (χ2n) is 6.99. The smallest absolute Gasteiger partial charge is 0.227 e. The molecule has 0 atom stereocenters. The minimum absolute atomic E-state index is 0.276. The van der Waals surface area contributed by atoms with Crippen LogP contribution in [0, 0.1) is 5.82 Å². The van der Waals surface area contributed by atoms with E-state index in [0.717, 1.165) is 43.6 Å². The van der Waals surface area contributed by atoms with E-state index in [0.29, 0.717) is 29.4 Å². The fourth-order valence-corrected chi connectivity index (χ4v) is 3.44. The van der Waals surface area contributed by atoms with E-state index < -0.39 is 0 Å². The Morgan fingerprint density at radius 2 is 1.89 bits per heavy atom. The summed E-state index contributed by atoms with van der Waals surface area (Å²) in [5, 5.41) is 6.69. The van der Waals surface area contributed by atoms with Gasteiger partial charge in [0.2, 0.25) is 5.95 Å². The van der Waals surface area contributed by atoms with Crippen LogP contribution in [0.25, 0.3) is 11.2 Å². The minimum Gasteiger partial charge on any atom is -0.351 e. The van der Waals surface area contributed by atoms with Crippen molar-refractivity contribution < 1.29 is 4.39 Å². The normalized spacial score (nSPS) is 20.0. The van der Waals surface area contributed by atoms with Gasteiger partial charge >= 0.3 is 0 Å². The van der Waals surface area contributed by atoms with Crippen molar-refractivity contribution >= 4 is 28.6 Å². The van der Waals surface area contributed by atoms with Crippen molar-refractivity contribution in [2.75, 3.05) is 10.6 Å². The number of hydrogen-bond donors (Lipinski definition) is 3. The molecule has 1 aliphatic rings. The van der Waals surface area contributed by atoms with Gasteiger partial charge < -0.3 is 20.9 Å². The second-order valence-corrected chi connectivity index (χ2v) is 6.99. The molecule has 0 unspecified atom stereocenters. The third-order valence-corrected chi connectivity index (χ3v) is 5.02. The van der Waals surface area contributed by atoms with Crippen LogP contribution in [-0.2, 0) is 6.54 Å². The molecule has 1 saturated carbocycles. The highest BCUT2D eigenvalue weighted by Gasteiger charge is 2.20. The van der Waals surface area contributed by atoms with Crippen LogP contribution >= 0.6 is 0 Å². The SMILES string of the molecule is CCn1cnc2c(Nc3ccc(F)cc3)nc(NC3CCC(N)CC3)nc21. The first-order valence-corrected chi connectivity index (χ1v) is 9.40. The molecule has 0 aliphatic heterocycles. The zero-order valence-electron chi connectivity index (χ0n) is 15.3. The van der Waals surface area contributed by atoms with Crippen molar-refractivity contribution in [3.8, 4) is 0 Å². The molecule has 0 radical (unpaired) electrons. The van der Waals surface area contributed by atoms with Gasteiger partial charge in [-0.3, -0.25) is 0 Å². The number of nitrogens with two attached hydrogens (primary N) is 1. The third kappa shape index (κ3) is 3.85. The Bertz CT molecular complexity index is 914. The number of rotatable bonds is 5. The number of aromatic nitrogens is 4. The minimum atomic E-state index is -0.276. The summed E-state index contributed by atoms with van der Waals surface area (Å²) < 4.78 is 15.2. The monoisotopic (exact) mass is 369 g/mol. The summed E-state index contributed by atoms with van der Waals surface area (Å²) in [5.41, 5.74) is 8.21. The van der Waals surface area contributed by atoms with Crippen molar-refractivity contribution in [1.82, 2.24) is 19.5 Å². The number of imidazole rings is 1. The van der Waals surface area contributed by atoms with E-state index in [-0.39, 0.29) is 5.82 Å². The van der Waals surface area contributed by atoms with Gasteiger partial charge in [0.05, 0.1) is 6.33 Å². The van der Waals surface area contributed by atoms with E-state index in [1.54, 1.807) is 18.5 Å². The lowest BCUT2D eigenvalue weighted by Gasteiger charge is -2.26. The molecule has 0 spiro atoms. The van der Waals surface area contributed by atoms with Gasteiger partial charge in [-0.2, -0.15) is 9.97 Å². The van der Waals surface area contributed by atoms with E-state index >= 15 is 0 Å². The molecule has 2 heterocycles. The fraction of sp³-hybridized carbons (Fsp3) is 0.421. The lowest BCUT2D eigenvalue weighted by atomic mass is 9.92. The van der Waals surface area contributed by atoms with Crippen molar-refractivity contribution in [2.24, 2.45) is 5.73 Å². The lowest BCUT2D eigenvalue weighted by molar-refractivity contribution is 0.410. The molecule has 7 nitrogen and oxygen atoms in total. The number of nitrogens with zero attached hydrogens (tertiary/aromatic N) is 4. The van der Waals surface area contributed by atoms with Crippen LogP contribution in [0.15, 0.2) is 30.6 Å². The number of fused-ring (bicyclic) bond motifs is 1. The van der Waals surface area contributed by atoms with Gasteiger partial charge in [0.25, 0.3) is 0 Å². The zero-order valence-corrected chi connectivity index (χ0v) is 15.3. The predicted molar refractivity (Wildman–Crippen MR) is 105 cm³/mol. The molecule has 0 saturated heterocycles.